The van der Waals surface area contributed by atoms with Crippen LogP contribution in [0, 0.1) is 5.82 Å². The highest BCUT2D eigenvalue weighted by Gasteiger charge is 2.35. The summed E-state index contributed by atoms with van der Waals surface area (Å²) in [4.78, 5) is 47.0. The van der Waals surface area contributed by atoms with Gasteiger partial charge in [0.25, 0.3) is 0 Å². The van der Waals surface area contributed by atoms with E-state index in [2.05, 4.69) is 22.6 Å². The number of hydrogen-bond acceptors (Lipinski definition) is 6. The topological polar surface area (TPSA) is 94.2 Å². The fourth-order valence-electron chi connectivity index (χ4n) is 6.90. The summed E-state index contributed by atoms with van der Waals surface area (Å²) < 4.78 is 19.6. The highest BCUT2D eigenvalue weighted by atomic mass is 19.1. The van der Waals surface area contributed by atoms with E-state index in [0.717, 1.165) is 67.1 Å². The summed E-state index contributed by atoms with van der Waals surface area (Å²) in [6.07, 6.45) is 5.62. The van der Waals surface area contributed by atoms with E-state index in [1.54, 1.807) is 26.2 Å². The van der Waals surface area contributed by atoms with Gasteiger partial charge in [-0.05, 0) is 86.3 Å². The normalized spacial score (nSPS) is 19.2. The zero-order valence-corrected chi connectivity index (χ0v) is 28.5. The second kappa shape index (κ2) is 17.0. The SMILES string of the molecule is CN1CCCC1CCNC(=O)[C@@H](Cc1ccc(F)cc1)N(C)C(=O)[C@@H](Cc1ccc2ccccc2c1)N(C)C(=O)COC[C@@H]1CCCN1. The van der Waals surface area contributed by atoms with Crippen LogP contribution >= 0.6 is 0 Å². The summed E-state index contributed by atoms with van der Waals surface area (Å²) in [6, 6.07) is 18.9. The Morgan fingerprint density at radius 2 is 1.67 bits per heavy atom. The maximum absolute atomic E-state index is 14.5. The lowest BCUT2D eigenvalue weighted by molar-refractivity contribution is -0.149. The molecule has 258 valence electrons. The Kier molecular flexibility index (Phi) is 12.6. The molecule has 2 heterocycles. The van der Waals surface area contributed by atoms with E-state index in [1.165, 1.54) is 21.9 Å². The largest absolute Gasteiger partial charge is 0.370 e. The summed E-state index contributed by atoms with van der Waals surface area (Å²) in [6.45, 7) is 2.77. The van der Waals surface area contributed by atoms with Crippen molar-refractivity contribution in [1.29, 1.82) is 0 Å². The number of hydrogen-bond donors (Lipinski definition) is 2. The third kappa shape index (κ3) is 9.39. The van der Waals surface area contributed by atoms with Gasteiger partial charge < -0.3 is 30.1 Å². The molecule has 0 spiro atoms. The number of benzene rings is 3. The molecule has 0 saturated carbocycles. The highest BCUT2D eigenvalue weighted by molar-refractivity contribution is 5.92. The zero-order valence-electron chi connectivity index (χ0n) is 28.5. The first-order valence-corrected chi connectivity index (χ1v) is 17.2. The van der Waals surface area contributed by atoms with E-state index in [4.69, 9.17) is 4.74 Å². The van der Waals surface area contributed by atoms with Crippen LogP contribution in [0.5, 0.6) is 0 Å². The number of ether oxygens (including phenoxy) is 1. The van der Waals surface area contributed by atoms with E-state index in [9.17, 15) is 18.8 Å². The number of likely N-dealkylation sites (tertiary alicyclic amines) is 1. The number of carbonyl (C=O) groups is 3. The lowest BCUT2D eigenvalue weighted by atomic mass is 9.98. The number of carbonyl (C=O) groups excluding carboxylic acids is 3. The second-order valence-corrected chi connectivity index (χ2v) is 13.4. The molecule has 3 amide bonds. The van der Waals surface area contributed by atoms with E-state index in [-0.39, 0.29) is 49.0 Å². The number of amides is 3. The van der Waals surface area contributed by atoms with Gasteiger partial charge in [-0.3, -0.25) is 14.4 Å². The number of halogens is 1. The van der Waals surface area contributed by atoms with Crippen molar-refractivity contribution >= 4 is 28.5 Å². The van der Waals surface area contributed by atoms with Gasteiger partial charge in [-0.25, -0.2) is 4.39 Å². The van der Waals surface area contributed by atoms with Crippen LogP contribution in [0.1, 0.15) is 43.2 Å². The van der Waals surface area contributed by atoms with Crippen LogP contribution in [0.25, 0.3) is 10.8 Å². The third-order valence-electron chi connectivity index (χ3n) is 10.0. The number of fused-ring (bicyclic) bond motifs is 1. The van der Waals surface area contributed by atoms with Crippen molar-refractivity contribution in [3.05, 3.63) is 83.7 Å². The number of rotatable bonds is 15. The van der Waals surface area contributed by atoms with Crippen molar-refractivity contribution in [2.75, 3.05) is 54.0 Å². The fourth-order valence-corrected chi connectivity index (χ4v) is 6.90. The van der Waals surface area contributed by atoms with Gasteiger partial charge in [0.2, 0.25) is 17.7 Å². The molecule has 2 saturated heterocycles. The van der Waals surface area contributed by atoms with Gasteiger partial charge >= 0.3 is 0 Å². The minimum absolute atomic E-state index is 0.144. The van der Waals surface area contributed by atoms with Gasteiger partial charge in [-0.15, -0.1) is 0 Å². The molecular formula is C38H50FN5O4. The molecule has 0 radical (unpaired) electrons. The van der Waals surface area contributed by atoms with Crippen molar-refractivity contribution in [1.82, 2.24) is 25.3 Å². The molecule has 2 aliphatic rings. The Hall–Kier alpha value is -3.86. The van der Waals surface area contributed by atoms with Crippen LogP contribution in [0.15, 0.2) is 66.7 Å². The molecule has 5 rings (SSSR count). The first kappa shape index (κ1) is 35.4. The summed E-state index contributed by atoms with van der Waals surface area (Å²) >= 11 is 0. The maximum Gasteiger partial charge on any atom is 0.249 e. The number of likely N-dealkylation sites (N-methyl/N-ethyl adjacent to an activating group) is 2. The van der Waals surface area contributed by atoms with E-state index in [0.29, 0.717) is 19.2 Å². The number of nitrogens with zero attached hydrogens (tertiary/aromatic N) is 3. The Labute approximate surface area is 283 Å². The highest BCUT2D eigenvalue weighted by Crippen LogP contribution is 2.21. The minimum Gasteiger partial charge on any atom is -0.370 e. The van der Waals surface area contributed by atoms with Crippen LogP contribution in [-0.2, 0) is 32.0 Å². The molecule has 1 unspecified atom stereocenters. The first-order valence-electron chi connectivity index (χ1n) is 17.2. The quantitative estimate of drug-likeness (QED) is 0.258. The van der Waals surface area contributed by atoms with Gasteiger partial charge in [-0.1, -0.05) is 54.6 Å². The average molecular weight is 660 g/mol. The third-order valence-corrected chi connectivity index (χ3v) is 10.0. The summed E-state index contributed by atoms with van der Waals surface area (Å²) in [5.74, 6) is -1.30. The van der Waals surface area contributed by atoms with Gasteiger partial charge in [0.05, 0.1) is 6.61 Å². The molecule has 3 aromatic rings. The molecule has 0 aliphatic carbocycles. The van der Waals surface area contributed by atoms with Crippen molar-refractivity contribution < 1.29 is 23.5 Å². The van der Waals surface area contributed by atoms with Crippen molar-refractivity contribution in [2.45, 2.75) is 69.1 Å². The van der Waals surface area contributed by atoms with E-state index < -0.39 is 12.1 Å². The van der Waals surface area contributed by atoms with Crippen LogP contribution in [0.2, 0.25) is 0 Å². The lowest BCUT2D eigenvalue weighted by Gasteiger charge is -2.35. The van der Waals surface area contributed by atoms with Gasteiger partial charge in [0.1, 0.15) is 24.5 Å². The van der Waals surface area contributed by atoms with E-state index in [1.807, 2.05) is 42.5 Å². The molecule has 2 aliphatic heterocycles. The van der Waals surface area contributed by atoms with Crippen LogP contribution in [0.4, 0.5) is 4.39 Å². The Balaban J connectivity index is 1.35. The number of nitrogens with one attached hydrogen (secondary N) is 2. The standard InChI is InChI=1S/C38H50FN5O4/c1-42-21-7-11-33(42)18-20-41-37(46)34(23-27-13-16-31(39)17-14-27)44(3)38(47)35(24-28-12-15-29-8-4-5-9-30(29)22-28)43(2)36(45)26-48-25-32-10-6-19-40-32/h4-5,8-9,12-17,22,32-35,40H,6-7,10-11,18-21,23-26H2,1-3H3,(H,41,46)/t32-,33?,34+,35+/m0/s1. The molecule has 0 bridgehead atoms. The monoisotopic (exact) mass is 659 g/mol. The predicted octanol–water partition coefficient (Wildman–Crippen LogP) is 3.79. The van der Waals surface area contributed by atoms with Crippen LogP contribution in [-0.4, -0.2) is 111 Å². The second-order valence-electron chi connectivity index (χ2n) is 13.4. The maximum atomic E-state index is 14.5. The average Bonchev–Trinajstić information content (AvgIpc) is 3.77. The molecule has 48 heavy (non-hydrogen) atoms. The first-order chi connectivity index (χ1) is 23.2. The van der Waals surface area contributed by atoms with Gasteiger partial charge in [0.15, 0.2) is 0 Å². The van der Waals surface area contributed by atoms with Gasteiger partial charge in [-0.2, -0.15) is 0 Å². The molecule has 3 aromatic carbocycles. The smallest absolute Gasteiger partial charge is 0.249 e. The Bertz CT molecular complexity index is 1530. The zero-order chi connectivity index (χ0) is 34.0. The van der Waals surface area contributed by atoms with Crippen molar-refractivity contribution in [3.8, 4) is 0 Å². The lowest BCUT2D eigenvalue weighted by Crippen LogP contribution is -2.56. The van der Waals surface area contributed by atoms with Crippen molar-refractivity contribution in [2.24, 2.45) is 0 Å². The predicted molar refractivity (Wildman–Crippen MR) is 186 cm³/mol. The van der Waals surface area contributed by atoms with Crippen molar-refractivity contribution in [3.63, 3.8) is 0 Å². The summed E-state index contributed by atoms with van der Waals surface area (Å²) in [7, 11) is 5.35. The molecular weight excluding hydrogens is 609 g/mol. The fraction of sp³-hybridized carbons (Fsp3) is 0.500. The van der Waals surface area contributed by atoms with E-state index >= 15 is 0 Å². The minimum atomic E-state index is -0.882. The molecule has 0 aromatic heterocycles. The Morgan fingerprint density at radius 3 is 2.38 bits per heavy atom. The van der Waals surface area contributed by atoms with Gasteiger partial charge in [0, 0.05) is 45.6 Å². The molecule has 4 atom stereocenters. The summed E-state index contributed by atoms with van der Waals surface area (Å²) in [5, 5.41) is 8.56. The molecule has 2 N–H and O–H groups in total. The summed E-state index contributed by atoms with van der Waals surface area (Å²) in [5.41, 5.74) is 1.63. The molecule has 2 fully saturated rings. The Morgan fingerprint density at radius 1 is 0.938 bits per heavy atom. The van der Waals surface area contributed by atoms with Crippen LogP contribution < -0.4 is 10.6 Å². The molecule has 10 heteroatoms. The molecule has 9 nitrogen and oxygen atoms in total. The van der Waals surface area contributed by atoms with Crippen LogP contribution in [0.3, 0.4) is 0 Å².